The summed E-state index contributed by atoms with van der Waals surface area (Å²) in [6, 6.07) is 12.3. The molecule has 0 saturated carbocycles. The van der Waals surface area contributed by atoms with Crippen molar-refractivity contribution in [3.8, 4) is 0 Å². The zero-order chi connectivity index (χ0) is 28.9. The summed E-state index contributed by atoms with van der Waals surface area (Å²) < 4.78 is 45.0. The predicted octanol–water partition coefficient (Wildman–Crippen LogP) is 4.98. The van der Waals surface area contributed by atoms with Crippen molar-refractivity contribution in [3.63, 3.8) is 0 Å². The molecule has 2 atom stereocenters. The van der Waals surface area contributed by atoms with Gasteiger partial charge in [0.05, 0.1) is 17.5 Å². The van der Waals surface area contributed by atoms with Gasteiger partial charge in [0.2, 0.25) is 21.8 Å². The SMILES string of the molecule is CC(C)c1cc(C(C)C)c(S(=O)(=O)NC2CN(C(=O)CCC(=O)NCc3ccccc3)CC2[18F])c(C(C)C)c1. The van der Waals surface area contributed by atoms with Crippen molar-refractivity contribution < 1.29 is 22.4 Å². The number of nitrogens with one attached hydrogen (secondary N) is 2. The van der Waals surface area contributed by atoms with Crippen LogP contribution >= 0.6 is 0 Å². The lowest BCUT2D eigenvalue weighted by Crippen LogP contribution is -2.42. The maximum absolute atomic E-state index is 15.0. The van der Waals surface area contributed by atoms with Crippen molar-refractivity contribution in [1.29, 1.82) is 0 Å². The van der Waals surface area contributed by atoms with Gasteiger partial charge >= 0.3 is 0 Å². The molecule has 1 saturated heterocycles. The van der Waals surface area contributed by atoms with Gasteiger partial charge in [0.15, 0.2) is 0 Å². The van der Waals surface area contributed by atoms with Crippen molar-refractivity contribution in [2.45, 2.75) is 95.8 Å². The van der Waals surface area contributed by atoms with E-state index in [0.717, 1.165) is 11.1 Å². The number of likely N-dealkylation sites (tertiary alicyclic amines) is 1. The monoisotopic (exact) mass is 558 g/mol. The van der Waals surface area contributed by atoms with E-state index in [1.165, 1.54) is 4.90 Å². The van der Waals surface area contributed by atoms with Gasteiger partial charge in [0.1, 0.15) is 6.17 Å². The molecule has 0 aliphatic carbocycles. The summed E-state index contributed by atoms with van der Waals surface area (Å²) >= 11 is 0. The molecule has 0 radical (unpaired) electrons. The number of hydrogen-bond acceptors (Lipinski definition) is 4. The van der Waals surface area contributed by atoms with Gasteiger partial charge in [-0.05, 0) is 40.0 Å². The Morgan fingerprint density at radius 2 is 1.51 bits per heavy atom. The average molecular weight is 559 g/mol. The van der Waals surface area contributed by atoms with Crippen molar-refractivity contribution in [2.24, 2.45) is 0 Å². The standard InChI is InChI=1S/C30H42FN3O4S/c1-19(2)23-14-24(20(3)4)30(25(15-23)21(5)6)39(37,38)33-27-18-34(17-26(27)31)29(36)13-12-28(35)32-16-22-10-8-7-9-11-22/h7-11,14-15,19-21,26-27,33H,12-13,16-18H2,1-6H3,(H,32,35)/i31-1. The first kappa shape index (κ1) is 30.8. The maximum Gasteiger partial charge on any atom is 0.241 e. The van der Waals surface area contributed by atoms with Crippen LogP contribution < -0.4 is 10.0 Å². The van der Waals surface area contributed by atoms with E-state index >= 15 is 4.39 Å². The van der Waals surface area contributed by atoms with Gasteiger partial charge in [0, 0.05) is 25.9 Å². The van der Waals surface area contributed by atoms with Crippen LogP contribution in [0.25, 0.3) is 0 Å². The second-order valence-electron chi connectivity index (χ2n) is 11.3. The number of benzene rings is 2. The zero-order valence-electron chi connectivity index (χ0n) is 23.8. The molecule has 2 N–H and O–H groups in total. The van der Waals surface area contributed by atoms with Crippen LogP contribution in [0.2, 0.25) is 0 Å². The molecule has 1 aliphatic rings. The van der Waals surface area contributed by atoms with Crippen LogP contribution in [0, 0.1) is 0 Å². The van der Waals surface area contributed by atoms with E-state index in [-0.39, 0.29) is 60.4 Å². The molecule has 0 spiro atoms. The lowest BCUT2D eigenvalue weighted by Gasteiger charge is -2.24. The Morgan fingerprint density at radius 3 is 2.05 bits per heavy atom. The molecular formula is C30H42FN3O4S. The molecule has 1 fully saturated rings. The van der Waals surface area contributed by atoms with Gasteiger partial charge in [-0.3, -0.25) is 9.59 Å². The van der Waals surface area contributed by atoms with Crippen LogP contribution in [0.5, 0.6) is 0 Å². The fraction of sp³-hybridized carbons (Fsp3) is 0.533. The Morgan fingerprint density at radius 1 is 0.923 bits per heavy atom. The summed E-state index contributed by atoms with van der Waals surface area (Å²) in [6.45, 7) is 12.0. The molecule has 7 nitrogen and oxygen atoms in total. The summed E-state index contributed by atoms with van der Waals surface area (Å²) in [4.78, 5) is 26.5. The summed E-state index contributed by atoms with van der Waals surface area (Å²) in [5.41, 5.74) is 3.43. The minimum atomic E-state index is -4.07. The second kappa shape index (κ2) is 13.0. The molecule has 1 heterocycles. The Labute approximate surface area is 232 Å². The van der Waals surface area contributed by atoms with E-state index in [2.05, 4.69) is 23.9 Å². The van der Waals surface area contributed by atoms with E-state index < -0.39 is 22.2 Å². The van der Waals surface area contributed by atoms with Crippen LogP contribution in [-0.2, 0) is 26.2 Å². The molecule has 0 bridgehead atoms. The predicted molar refractivity (Wildman–Crippen MR) is 152 cm³/mol. The lowest BCUT2D eigenvalue weighted by atomic mass is 9.89. The van der Waals surface area contributed by atoms with Gasteiger partial charge in [0.25, 0.3) is 0 Å². The Bertz CT molecular complexity index is 1230. The highest BCUT2D eigenvalue weighted by Gasteiger charge is 2.39. The molecular weight excluding hydrogens is 516 g/mol. The molecule has 1 aliphatic heterocycles. The number of carbonyl (C=O) groups is 2. The molecule has 2 aromatic rings. The van der Waals surface area contributed by atoms with Gasteiger partial charge in [-0.25, -0.2) is 17.5 Å². The van der Waals surface area contributed by atoms with Crippen molar-refractivity contribution in [2.75, 3.05) is 13.1 Å². The highest BCUT2D eigenvalue weighted by molar-refractivity contribution is 7.89. The molecule has 3 rings (SSSR count). The third-order valence-electron chi connectivity index (χ3n) is 7.15. The number of hydrogen-bond donors (Lipinski definition) is 2. The van der Waals surface area contributed by atoms with Crippen LogP contribution in [0.1, 0.15) is 94.4 Å². The fourth-order valence-corrected chi connectivity index (χ4v) is 6.75. The van der Waals surface area contributed by atoms with Gasteiger partial charge in [-0.2, -0.15) is 0 Å². The van der Waals surface area contributed by atoms with E-state index in [9.17, 15) is 18.0 Å². The van der Waals surface area contributed by atoms with Gasteiger partial charge in [-0.15, -0.1) is 0 Å². The first-order valence-corrected chi connectivity index (χ1v) is 15.2. The van der Waals surface area contributed by atoms with Crippen molar-refractivity contribution in [3.05, 3.63) is 64.7 Å². The van der Waals surface area contributed by atoms with Gasteiger partial charge in [-0.1, -0.05) is 84.0 Å². The number of nitrogens with zero attached hydrogens (tertiary/aromatic N) is 1. The normalized spacial score (nSPS) is 17.8. The highest BCUT2D eigenvalue weighted by atomic mass is 32.2. The van der Waals surface area contributed by atoms with Crippen LogP contribution in [0.3, 0.4) is 0 Å². The summed E-state index contributed by atoms with van der Waals surface area (Å²) in [5.74, 6) is -0.518. The lowest BCUT2D eigenvalue weighted by molar-refractivity contribution is -0.133. The van der Waals surface area contributed by atoms with E-state index in [1.807, 2.05) is 70.2 Å². The maximum atomic E-state index is 15.0. The number of amides is 2. The molecule has 0 aromatic heterocycles. The first-order chi connectivity index (χ1) is 18.3. The number of carbonyl (C=O) groups excluding carboxylic acids is 2. The highest BCUT2D eigenvalue weighted by Crippen LogP contribution is 2.35. The molecule has 2 unspecified atom stereocenters. The second-order valence-corrected chi connectivity index (χ2v) is 12.9. The quantitative estimate of drug-likeness (QED) is 0.407. The van der Waals surface area contributed by atoms with E-state index in [4.69, 9.17) is 0 Å². The van der Waals surface area contributed by atoms with Gasteiger partial charge < -0.3 is 10.2 Å². The molecule has 2 amide bonds. The summed E-state index contributed by atoms with van der Waals surface area (Å²) in [7, 11) is -4.07. The molecule has 39 heavy (non-hydrogen) atoms. The molecule has 9 heteroatoms. The first-order valence-electron chi connectivity index (χ1n) is 13.7. The largest absolute Gasteiger partial charge is 0.352 e. The van der Waals surface area contributed by atoms with Crippen LogP contribution in [0.15, 0.2) is 47.4 Å². The average Bonchev–Trinajstić information content (AvgIpc) is 3.24. The number of alkyl halides is 1. The smallest absolute Gasteiger partial charge is 0.241 e. The van der Waals surface area contributed by atoms with Crippen molar-refractivity contribution >= 4 is 21.8 Å². The summed E-state index contributed by atoms with van der Waals surface area (Å²) in [6.07, 6.45) is -1.64. The Balaban J connectivity index is 1.68. The third kappa shape index (κ3) is 7.88. The topological polar surface area (TPSA) is 95.6 Å². The molecule has 2 aromatic carbocycles. The van der Waals surface area contributed by atoms with Crippen LogP contribution in [-0.4, -0.2) is 50.4 Å². The summed E-state index contributed by atoms with van der Waals surface area (Å²) in [5, 5.41) is 2.78. The van der Waals surface area contributed by atoms with E-state index in [0.29, 0.717) is 17.7 Å². The van der Waals surface area contributed by atoms with E-state index in [1.54, 1.807) is 0 Å². The fourth-order valence-electron chi connectivity index (χ4n) is 4.80. The minimum absolute atomic E-state index is 0.0206. The van der Waals surface area contributed by atoms with Crippen LogP contribution in [0.4, 0.5) is 4.39 Å². The van der Waals surface area contributed by atoms with Crippen molar-refractivity contribution in [1.82, 2.24) is 14.9 Å². The minimum Gasteiger partial charge on any atom is -0.352 e. The number of halogens is 1. The zero-order valence-corrected chi connectivity index (χ0v) is 24.6. The number of sulfonamides is 1. The Kier molecular flexibility index (Phi) is 10.3. The number of rotatable bonds is 11. The Hall–Kier alpha value is -2.78. The third-order valence-corrected chi connectivity index (χ3v) is 8.78. The molecule has 214 valence electrons.